The molecular weight excluding hydrogens is 340 g/mol. The predicted molar refractivity (Wildman–Crippen MR) is 83.8 cm³/mol. The van der Waals surface area contributed by atoms with E-state index in [4.69, 9.17) is 9.84 Å². The zero-order valence-electron chi connectivity index (χ0n) is 10.6. The van der Waals surface area contributed by atoms with E-state index in [9.17, 15) is 4.79 Å². The lowest BCUT2D eigenvalue weighted by Gasteiger charge is -2.06. The molecule has 3 nitrogen and oxygen atoms in total. The molecule has 0 unspecified atom stereocenters. The zero-order valence-corrected chi connectivity index (χ0v) is 13.0. The van der Waals surface area contributed by atoms with Crippen LogP contribution in [0.4, 0.5) is 0 Å². The average molecular weight is 353 g/mol. The van der Waals surface area contributed by atoms with Crippen molar-refractivity contribution in [2.45, 2.75) is 4.90 Å². The molecule has 0 aliphatic rings. The molecule has 2 aromatic rings. The lowest BCUT2D eigenvalue weighted by molar-refractivity contribution is 0.0697. The van der Waals surface area contributed by atoms with Crippen molar-refractivity contribution in [3.05, 3.63) is 58.6 Å². The standard InChI is InChI=1S/C15H13BrO3S/c16-12-2-1-3-13(10-12)19-8-9-20-14-6-4-11(5-7-14)15(17)18/h1-7,10H,8-9H2,(H,17,18). The molecule has 0 atom stereocenters. The minimum absolute atomic E-state index is 0.305. The van der Waals surface area contributed by atoms with E-state index in [2.05, 4.69) is 15.9 Å². The van der Waals surface area contributed by atoms with Crippen molar-refractivity contribution in [1.82, 2.24) is 0 Å². The predicted octanol–water partition coefficient (Wildman–Crippen LogP) is 4.32. The van der Waals surface area contributed by atoms with Crippen LogP contribution in [-0.2, 0) is 0 Å². The Bertz CT molecular complexity index is 584. The summed E-state index contributed by atoms with van der Waals surface area (Å²) in [6.45, 7) is 0.599. The first-order valence-corrected chi connectivity index (χ1v) is 7.77. The van der Waals surface area contributed by atoms with Crippen molar-refractivity contribution in [3.63, 3.8) is 0 Å². The highest BCUT2D eigenvalue weighted by Crippen LogP contribution is 2.20. The number of hydrogen-bond acceptors (Lipinski definition) is 3. The Labute approximate surface area is 130 Å². The van der Waals surface area contributed by atoms with Crippen molar-refractivity contribution in [1.29, 1.82) is 0 Å². The second-order valence-electron chi connectivity index (χ2n) is 3.98. The van der Waals surface area contributed by atoms with Gasteiger partial charge in [-0.25, -0.2) is 4.79 Å². The van der Waals surface area contributed by atoms with E-state index in [1.54, 1.807) is 23.9 Å². The van der Waals surface area contributed by atoms with Gasteiger partial charge in [-0.15, -0.1) is 11.8 Å². The number of halogens is 1. The molecule has 0 fully saturated rings. The Hall–Kier alpha value is -1.46. The number of thioether (sulfide) groups is 1. The number of carbonyl (C=O) groups is 1. The van der Waals surface area contributed by atoms with Crippen LogP contribution in [0.1, 0.15) is 10.4 Å². The Morgan fingerprint density at radius 1 is 1.20 bits per heavy atom. The van der Waals surface area contributed by atoms with Crippen molar-refractivity contribution in [2.75, 3.05) is 12.4 Å². The van der Waals surface area contributed by atoms with Gasteiger partial charge in [-0.3, -0.25) is 0 Å². The van der Waals surface area contributed by atoms with Crippen LogP contribution in [0, 0.1) is 0 Å². The normalized spacial score (nSPS) is 10.2. The van der Waals surface area contributed by atoms with Gasteiger partial charge in [-0.05, 0) is 42.5 Å². The van der Waals surface area contributed by atoms with E-state index in [-0.39, 0.29) is 0 Å². The number of ether oxygens (including phenoxy) is 1. The van der Waals surface area contributed by atoms with Crippen molar-refractivity contribution < 1.29 is 14.6 Å². The van der Waals surface area contributed by atoms with Crippen LogP contribution in [0.2, 0.25) is 0 Å². The van der Waals surface area contributed by atoms with E-state index in [1.165, 1.54) is 0 Å². The van der Waals surface area contributed by atoms with Crippen molar-refractivity contribution in [2.24, 2.45) is 0 Å². The Kier molecular flexibility index (Phi) is 5.49. The lowest BCUT2D eigenvalue weighted by Crippen LogP contribution is -2.00. The average Bonchev–Trinajstić information content (AvgIpc) is 2.44. The molecule has 104 valence electrons. The van der Waals surface area contributed by atoms with E-state index < -0.39 is 5.97 Å². The van der Waals surface area contributed by atoms with Gasteiger partial charge < -0.3 is 9.84 Å². The highest BCUT2D eigenvalue weighted by molar-refractivity contribution is 9.10. The third kappa shape index (κ3) is 4.58. The van der Waals surface area contributed by atoms with Crippen LogP contribution in [0.5, 0.6) is 5.75 Å². The summed E-state index contributed by atoms with van der Waals surface area (Å²) in [5.74, 6) is 0.736. The molecule has 2 aromatic carbocycles. The van der Waals surface area contributed by atoms with Crippen LogP contribution in [0.3, 0.4) is 0 Å². The smallest absolute Gasteiger partial charge is 0.335 e. The molecule has 2 rings (SSSR count). The monoisotopic (exact) mass is 352 g/mol. The third-order valence-electron chi connectivity index (χ3n) is 2.52. The van der Waals surface area contributed by atoms with Gasteiger partial charge in [0.1, 0.15) is 5.75 Å². The minimum Gasteiger partial charge on any atom is -0.493 e. The van der Waals surface area contributed by atoms with E-state index in [0.717, 1.165) is 20.9 Å². The van der Waals surface area contributed by atoms with Gasteiger partial charge >= 0.3 is 5.97 Å². The van der Waals surface area contributed by atoms with Crippen LogP contribution in [0.25, 0.3) is 0 Å². The van der Waals surface area contributed by atoms with Gasteiger partial charge in [0.2, 0.25) is 0 Å². The maximum absolute atomic E-state index is 10.7. The summed E-state index contributed by atoms with van der Waals surface area (Å²) in [4.78, 5) is 11.8. The molecule has 0 aliphatic carbocycles. The van der Waals surface area contributed by atoms with E-state index in [1.807, 2.05) is 36.4 Å². The Morgan fingerprint density at radius 2 is 1.95 bits per heavy atom. The molecule has 0 aliphatic heterocycles. The summed E-state index contributed by atoms with van der Waals surface area (Å²) in [5.41, 5.74) is 0.305. The molecule has 1 N–H and O–H groups in total. The van der Waals surface area contributed by atoms with E-state index >= 15 is 0 Å². The summed E-state index contributed by atoms with van der Waals surface area (Å²) in [6.07, 6.45) is 0. The molecule has 0 heterocycles. The molecule has 0 aromatic heterocycles. The van der Waals surface area contributed by atoms with E-state index in [0.29, 0.717) is 12.2 Å². The first-order chi connectivity index (χ1) is 9.65. The summed E-state index contributed by atoms with van der Waals surface area (Å²) in [7, 11) is 0. The molecule has 0 bridgehead atoms. The SMILES string of the molecule is O=C(O)c1ccc(SCCOc2cccc(Br)c2)cc1. The molecule has 0 amide bonds. The Balaban J connectivity index is 1.77. The minimum atomic E-state index is -0.903. The van der Waals surface area contributed by atoms with Crippen LogP contribution < -0.4 is 4.74 Å². The Morgan fingerprint density at radius 3 is 2.60 bits per heavy atom. The zero-order chi connectivity index (χ0) is 14.4. The number of carboxylic acids is 1. The fourth-order valence-electron chi connectivity index (χ4n) is 1.57. The molecular formula is C15H13BrO3S. The first-order valence-electron chi connectivity index (χ1n) is 6.00. The fourth-order valence-corrected chi connectivity index (χ4v) is 2.68. The van der Waals surface area contributed by atoms with Crippen LogP contribution in [-0.4, -0.2) is 23.4 Å². The summed E-state index contributed by atoms with van der Waals surface area (Å²) < 4.78 is 6.62. The summed E-state index contributed by atoms with van der Waals surface area (Å²) >= 11 is 5.03. The third-order valence-corrected chi connectivity index (χ3v) is 3.99. The van der Waals surface area contributed by atoms with Crippen molar-refractivity contribution >= 4 is 33.7 Å². The van der Waals surface area contributed by atoms with Crippen LogP contribution in [0.15, 0.2) is 57.9 Å². The first kappa shape index (κ1) is 14.9. The molecule has 20 heavy (non-hydrogen) atoms. The lowest BCUT2D eigenvalue weighted by atomic mass is 10.2. The van der Waals surface area contributed by atoms with Gasteiger partial charge in [0.05, 0.1) is 12.2 Å². The molecule has 0 radical (unpaired) electrons. The van der Waals surface area contributed by atoms with Gasteiger partial charge in [-0.2, -0.15) is 0 Å². The number of carboxylic acid groups (broad SMARTS) is 1. The highest BCUT2D eigenvalue weighted by Gasteiger charge is 2.02. The number of rotatable bonds is 6. The molecule has 0 spiro atoms. The quantitative estimate of drug-likeness (QED) is 0.621. The topological polar surface area (TPSA) is 46.5 Å². The molecule has 0 saturated carbocycles. The van der Waals surface area contributed by atoms with Crippen LogP contribution >= 0.6 is 27.7 Å². The molecule has 5 heteroatoms. The second-order valence-corrected chi connectivity index (χ2v) is 6.07. The summed E-state index contributed by atoms with van der Waals surface area (Å²) in [6, 6.07) is 14.6. The van der Waals surface area contributed by atoms with Gasteiger partial charge in [0.15, 0.2) is 0 Å². The molecule has 0 saturated heterocycles. The second kappa shape index (κ2) is 7.36. The van der Waals surface area contributed by atoms with Gasteiger partial charge in [0, 0.05) is 15.1 Å². The van der Waals surface area contributed by atoms with Gasteiger partial charge in [0.25, 0.3) is 0 Å². The largest absolute Gasteiger partial charge is 0.493 e. The van der Waals surface area contributed by atoms with Crippen molar-refractivity contribution in [3.8, 4) is 5.75 Å². The maximum atomic E-state index is 10.7. The number of hydrogen-bond donors (Lipinski definition) is 1. The van der Waals surface area contributed by atoms with Gasteiger partial charge in [-0.1, -0.05) is 22.0 Å². The maximum Gasteiger partial charge on any atom is 0.335 e. The number of benzene rings is 2. The number of aromatic carboxylic acids is 1. The highest BCUT2D eigenvalue weighted by atomic mass is 79.9. The fraction of sp³-hybridized carbons (Fsp3) is 0.133. The summed E-state index contributed by atoms with van der Waals surface area (Å²) in [5, 5.41) is 8.81.